The van der Waals surface area contributed by atoms with Crippen LogP contribution >= 0.6 is 0 Å². The number of hydrogen-bond donors (Lipinski definition) is 0. The molecule has 1 aliphatic heterocycles. The van der Waals surface area contributed by atoms with Gasteiger partial charge in [0, 0.05) is 5.39 Å². The van der Waals surface area contributed by atoms with Crippen molar-refractivity contribution in [2.24, 2.45) is 23.2 Å². The Morgan fingerprint density at radius 2 is 1.83 bits per heavy atom. The Bertz CT molecular complexity index is 894. The van der Waals surface area contributed by atoms with Crippen LogP contribution in [0, 0.1) is 23.2 Å². The van der Waals surface area contributed by atoms with Crippen LogP contribution in [0.3, 0.4) is 0 Å². The first-order valence-electron chi connectivity index (χ1n) is 8.17. The highest BCUT2D eigenvalue weighted by Gasteiger charge is 2.67. The van der Waals surface area contributed by atoms with Crippen LogP contribution in [-0.2, 0) is 9.59 Å². The second-order valence-corrected chi connectivity index (χ2v) is 7.13. The Balaban J connectivity index is 1.71. The zero-order chi connectivity index (χ0) is 15.8. The molecule has 1 heterocycles. The molecular formula is C20H17NO2. The number of rotatable bonds is 1. The smallest absolute Gasteiger partial charge is 0.241 e. The minimum Gasteiger partial charge on any atom is -0.274 e. The number of benzene rings is 2. The predicted octanol–water partition coefficient (Wildman–Crippen LogP) is 3.54. The first-order chi connectivity index (χ1) is 11.1. The van der Waals surface area contributed by atoms with Crippen LogP contribution in [0.15, 0.2) is 54.6 Å². The van der Waals surface area contributed by atoms with Crippen molar-refractivity contribution in [1.29, 1.82) is 0 Å². The summed E-state index contributed by atoms with van der Waals surface area (Å²) in [6, 6.07) is 13.7. The number of amides is 2. The summed E-state index contributed by atoms with van der Waals surface area (Å²) in [7, 11) is 0. The lowest BCUT2D eigenvalue weighted by Gasteiger charge is -2.28. The predicted molar refractivity (Wildman–Crippen MR) is 88.8 cm³/mol. The van der Waals surface area contributed by atoms with E-state index in [2.05, 4.69) is 12.2 Å². The van der Waals surface area contributed by atoms with Crippen LogP contribution in [0.25, 0.3) is 10.8 Å². The van der Waals surface area contributed by atoms with Gasteiger partial charge in [-0.15, -0.1) is 0 Å². The molecule has 2 bridgehead atoms. The van der Waals surface area contributed by atoms with Crippen molar-refractivity contribution in [3.63, 3.8) is 0 Å². The van der Waals surface area contributed by atoms with Gasteiger partial charge < -0.3 is 0 Å². The number of imide groups is 1. The van der Waals surface area contributed by atoms with Gasteiger partial charge in [0.25, 0.3) is 0 Å². The molecule has 2 aromatic carbocycles. The van der Waals surface area contributed by atoms with Crippen molar-refractivity contribution in [2.75, 3.05) is 4.90 Å². The molecule has 0 unspecified atom stereocenters. The summed E-state index contributed by atoms with van der Waals surface area (Å²) in [6.45, 7) is 1.98. The van der Waals surface area contributed by atoms with E-state index < -0.39 is 5.41 Å². The van der Waals surface area contributed by atoms with E-state index in [0.717, 1.165) is 22.9 Å². The molecule has 114 valence electrons. The van der Waals surface area contributed by atoms with Gasteiger partial charge in [-0.1, -0.05) is 48.6 Å². The van der Waals surface area contributed by atoms with Crippen LogP contribution in [-0.4, -0.2) is 11.8 Å². The van der Waals surface area contributed by atoms with Gasteiger partial charge in [-0.05, 0) is 36.6 Å². The van der Waals surface area contributed by atoms with Gasteiger partial charge in [0.2, 0.25) is 11.8 Å². The monoisotopic (exact) mass is 303 g/mol. The standard InChI is InChI=1S/C20H17NO2/c1-20-14-10-9-13(11-14)17(20)18(22)21(19(20)23)16-8-4-6-12-5-2-3-7-15(12)16/h2-10,13-14,17H,11H2,1H3/t13-,14-,17-,20+/m0/s1. The summed E-state index contributed by atoms with van der Waals surface area (Å²) in [5.41, 5.74) is 0.168. The zero-order valence-electron chi connectivity index (χ0n) is 12.9. The van der Waals surface area contributed by atoms with E-state index in [4.69, 9.17) is 0 Å². The number of hydrogen-bond acceptors (Lipinski definition) is 2. The maximum atomic E-state index is 13.2. The quantitative estimate of drug-likeness (QED) is 0.597. The molecule has 2 amide bonds. The molecule has 2 aliphatic carbocycles. The van der Waals surface area contributed by atoms with E-state index in [0.29, 0.717) is 0 Å². The fourth-order valence-electron chi connectivity index (χ4n) is 4.94. The van der Waals surface area contributed by atoms with E-state index in [1.807, 2.05) is 49.4 Å². The summed E-state index contributed by atoms with van der Waals surface area (Å²) in [5.74, 6) is 0.186. The first-order valence-corrected chi connectivity index (χ1v) is 8.17. The molecule has 0 radical (unpaired) electrons. The van der Waals surface area contributed by atoms with Crippen LogP contribution in [0.4, 0.5) is 5.69 Å². The van der Waals surface area contributed by atoms with Crippen LogP contribution in [0.1, 0.15) is 13.3 Å². The molecule has 2 fully saturated rings. The highest BCUT2D eigenvalue weighted by atomic mass is 16.2. The molecule has 2 aromatic rings. The summed E-state index contributed by atoms with van der Waals surface area (Å²) in [5, 5.41) is 2.01. The largest absolute Gasteiger partial charge is 0.274 e. The highest BCUT2D eigenvalue weighted by Crippen LogP contribution is 2.61. The van der Waals surface area contributed by atoms with E-state index in [-0.39, 0.29) is 29.6 Å². The molecule has 1 saturated carbocycles. The number of nitrogens with zero attached hydrogens (tertiary/aromatic N) is 1. The Hall–Kier alpha value is -2.42. The third kappa shape index (κ3) is 1.41. The third-order valence-electron chi connectivity index (χ3n) is 6.12. The van der Waals surface area contributed by atoms with E-state index in [9.17, 15) is 9.59 Å². The topological polar surface area (TPSA) is 37.4 Å². The second kappa shape index (κ2) is 4.10. The van der Waals surface area contributed by atoms with Crippen molar-refractivity contribution in [1.82, 2.24) is 0 Å². The van der Waals surface area contributed by atoms with Gasteiger partial charge >= 0.3 is 0 Å². The average Bonchev–Trinajstić information content (AvgIpc) is 3.20. The van der Waals surface area contributed by atoms with Crippen molar-refractivity contribution in [2.45, 2.75) is 13.3 Å². The molecule has 3 heteroatoms. The minimum atomic E-state index is -0.562. The van der Waals surface area contributed by atoms with Crippen LogP contribution in [0.2, 0.25) is 0 Å². The van der Waals surface area contributed by atoms with E-state index >= 15 is 0 Å². The first kappa shape index (κ1) is 13.1. The van der Waals surface area contributed by atoms with Gasteiger partial charge in [-0.3, -0.25) is 9.59 Å². The maximum Gasteiger partial charge on any atom is 0.241 e. The fraction of sp³-hybridized carbons (Fsp3) is 0.300. The summed E-state index contributed by atoms with van der Waals surface area (Å²) in [6.07, 6.45) is 5.22. The van der Waals surface area contributed by atoms with Gasteiger partial charge in [-0.25, -0.2) is 4.90 Å². The third-order valence-corrected chi connectivity index (χ3v) is 6.12. The maximum absolute atomic E-state index is 13.2. The number of fused-ring (bicyclic) bond motifs is 6. The minimum absolute atomic E-state index is 0.0225. The van der Waals surface area contributed by atoms with Crippen LogP contribution in [0.5, 0.6) is 0 Å². The molecule has 4 atom stereocenters. The highest BCUT2D eigenvalue weighted by molar-refractivity contribution is 6.26. The van der Waals surface area contributed by atoms with E-state index in [1.54, 1.807) is 0 Å². The van der Waals surface area contributed by atoms with Crippen LogP contribution < -0.4 is 4.90 Å². The van der Waals surface area contributed by atoms with Crippen molar-refractivity contribution < 1.29 is 9.59 Å². The van der Waals surface area contributed by atoms with Gasteiger partial charge in [-0.2, -0.15) is 0 Å². The number of allylic oxidation sites excluding steroid dienone is 2. The van der Waals surface area contributed by atoms with Gasteiger partial charge in [0.05, 0.1) is 17.0 Å². The Morgan fingerprint density at radius 3 is 2.65 bits per heavy atom. The van der Waals surface area contributed by atoms with Crippen molar-refractivity contribution in [3.8, 4) is 0 Å². The number of carbonyl (C=O) groups excluding carboxylic acids is 2. The molecule has 5 rings (SSSR count). The lowest BCUT2D eigenvalue weighted by atomic mass is 9.71. The lowest BCUT2D eigenvalue weighted by molar-refractivity contribution is -0.127. The summed E-state index contributed by atoms with van der Waals surface area (Å²) >= 11 is 0. The molecular weight excluding hydrogens is 286 g/mol. The average molecular weight is 303 g/mol. The van der Waals surface area contributed by atoms with Gasteiger partial charge in [0.15, 0.2) is 0 Å². The fourth-order valence-corrected chi connectivity index (χ4v) is 4.94. The van der Waals surface area contributed by atoms with Gasteiger partial charge in [0.1, 0.15) is 0 Å². The Morgan fingerprint density at radius 1 is 1.04 bits per heavy atom. The summed E-state index contributed by atoms with van der Waals surface area (Å²) < 4.78 is 0. The molecule has 0 N–H and O–H groups in total. The second-order valence-electron chi connectivity index (χ2n) is 7.13. The molecule has 3 nitrogen and oxygen atoms in total. The van der Waals surface area contributed by atoms with Crippen molar-refractivity contribution >= 4 is 28.3 Å². The number of carbonyl (C=O) groups is 2. The molecule has 0 spiro atoms. The molecule has 23 heavy (non-hydrogen) atoms. The molecule has 1 saturated heterocycles. The molecule has 0 aromatic heterocycles. The Labute approximate surface area is 134 Å². The normalized spacial score (nSPS) is 34.7. The summed E-state index contributed by atoms with van der Waals surface area (Å²) in [4.78, 5) is 27.8. The Kier molecular flexibility index (Phi) is 2.33. The van der Waals surface area contributed by atoms with E-state index in [1.165, 1.54) is 4.90 Å². The molecule has 3 aliphatic rings. The zero-order valence-corrected chi connectivity index (χ0v) is 12.9. The lowest BCUT2D eigenvalue weighted by Crippen LogP contribution is -2.37. The SMILES string of the molecule is C[C@]12C(=O)N(c3cccc4ccccc34)C(=O)[C@@H]1[C@H]1C=C[C@H]2C1. The number of anilines is 1. The van der Waals surface area contributed by atoms with Crippen molar-refractivity contribution in [3.05, 3.63) is 54.6 Å².